The Morgan fingerprint density at radius 2 is 1.04 bits per heavy atom. The number of hydrogen-bond donors (Lipinski definition) is 0. The minimum atomic E-state index is -0.0964. The number of para-hydroxylation sites is 1. The molecule has 1 aromatic heterocycles. The molecule has 0 N–H and O–H groups in total. The van der Waals surface area contributed by atoms with Gasteiger partial charge in [-0.25, -0.2) is 0 Å². The summed E-state index contributed by atoms with van der Waals surface area (Å²) in [5.41, 5.74) is 17.5. The number of nitrogens with zero attached hydrogens (tertiary/aromatic N) is 1. The molecule has 0 spiro atoms. The molecule has 0 unspecified atom stereocenters. The van der Waals surface area contributed by atoms with Crippen molar-refractivity contribution < 1.29 is 4.42 Å². The predicted octanol–water partition coefficient (Wildman–Crippen LogP) is 13.0. The summed E-state index contributed by atoms with van der Waals surface area (Å²) in [6.07, 6.45) is 3.58. The van der Waals surface area contributed by atoms with E-state index in [1.165, 1.54) is 68.6 Å². The summed E-state index contributed by atoms with van der Waals surface area (Å²) in [5, 5.41) is 2.28. The van der Waals surface area contributed by atoms with E-state index in [1.54, 1.807) is 0 Å². The largest absolute Gasteiger partial charge is 0.456 e. The first-order valence-corrected chi connectivity index (χ1v) is 17.5. The number of rotatable bonds is 6. The molecule has 0 aliphatic heterocycles. The summed E-state index contributed by atoms with van der Waals surface area (Å²) in [7, 11) is 0. The molecule has 0 radical (unpaired) electrons. The minimum absolute atomic E-state index is 0.0879. The standard InChI is InChI=1S/C46H41NO/c1-6-7-12-29-17-21-34-36-23-19-32(28-42(36)46(4,5)40(34)25-29)47(30-20-24-44-38(26-30)37-14-9-11-16-43(37)48-44)31-18-22-35-33-13-8-10-15-39(33)45(2,3)41(35)27-31/h8-11,13-28H,6-7,12H2,1-5H3. The Kier molecular flexibility index (Phi) is 6.34. The smallest absolute Gasteiger partial charge is 0.135 e. The third-order valence-electron chi connectivity index (χ3n) is 11.2. The van der Waals surface area contributed by atoms with E-state index in [0.29, 0.717) is 0 Å². The van der Waals surface area contributed by atoms with E-state index in [1.807, 2.05) is 6.07 Å². The molecule has 7 aromatic rings. The Hall–Kier alpha value is -5.08. The minimum Gasteiger partial charge on any atom is -0.456 e. The van der Waals surface area contributed by atoms with Gasteiger partial charge in [-0.05, 0) is 111 Å². The van der Waals surface area contributed by atoms with E-state index in [9.17, 15) is 0 Å². The molecule has 2 nitrogen and oxygen atoms in total. The first-order valence-electron chi connectivity index (χ1n) is 17.5. The zero-order valence-corrected chi connectivity index (χ0v) is 28.5. The van der Waals surface area contributed by atoms with Crippen LogP contribution in [0, 0.1) is 0 Å². The van der Waals surface area contributed by atoms with Crippen LogP contribution in [0.4, 0.5) is 17.1 Å². The van der Waals surface area contributed by atoms with Gasteiger partial charge in [0.2, 0.25) is 0 Å². The maximum absolute atomic E-state index is 6.26. The Morgan fingerprint density at radius 1 is 0.500 bits per heavy atom. The molecule has 2 aliphatic rings. The number of anilines is 3. The van der Waals surface area contributed by atoms with Crippen molar-refractivity contribution in [2.45, 2.75) is 64.7 Å². The number of hydrogen-bond acceptors (Lipinski definition) is 2. The van der Waals surface area contributed by atoms with Gasteiger partial charge < -0.3 is 9.32 Å². The van der Waals surface area contributed by atoms with Gasteiger partial charge in [-0.15, -0.1) is 0 Å². The second-order valence-corrected chi connectivity index (χ2v) is 14.9. The number of aryl methyl sites for hydroxylation is 1. The Balaban J connectivity index is 1.23. The molecule has 6 aromatic carbocycles. The van der Waals surface area contributed by atoms with Crippen LogP contribution >= 0.6 is 0 Å². The average Bonchev–Trinajstić information content (AvgIpc) is 3.67. The van der Waals surface area contributed by atoms with Crippen LogP contribution in [0.15, 0.2) is 126 Å². The summed E-state index contributed by atoms with van der Waals surface area (Å²) in [4.78, 5) is 2.45. The topological polar surface area (TPSA) is 16.4 Å². The molecule has 236 valence electrons. The molecule has 0 amide bonds. The highest BCUT2D eigenvalue weighted by atomic mass is 16.3. The van der Waals surface area contributed by atoms with Crippen LogP contribution in [0.5, 0.6) is 0 Å². The van der Waals surface area contributed by atoms with Crippen molar-refractivity contribution >= 4 is 39.0 Å². The first-order chi connectivity index (χ1) is 23.3. The molecular weight excluding hydrogens is 583 g/mol. The summed E-state index contributed by atoms with van der Waals surface area (Å²) in [6.45, 7) is 11.8. The SMILES string of the molecule is CCCCc1ccc2c(c1)C(C)(C)c1cc(N(c3ccc4c(c3)C(C)(C)c3ccccc3-4)c3ccc4oc5ccccc5c4c3)ccc1-2. The van der Waals surface area contributed by atoms with Gasteiger partial charge in [0.05, 0.1) is 0 Å². The lowest BCUT2D eigenvalue weighted by molar-refractivity contribution is 0.658. The van der Waals surface area contributed by atoms with Crippen molar-refractivity contribution in [1.29, 1.82) is 0 Å². The molecule has 1 heterocycles. The van der Waals surface area contributed by atoms with E-state index in [2.05, 4.69) is 155 Å². The van der Waals surface area contributed by atoms with Gasteiger partial charge in [-0.1, -0.05) is 114 Å². The van der Waals surface area contributed by atoms with E-state index >= 15 is 0 Å². The Labute approximate surface area is 283 Å². The Bertz CT molecular complexity index is 2400. The summed E-state index contributed by atoms with van der Waals surface area (Å²) in [5.74, 6) is 0. The van der Waals surface area contributed by atoms with Crippen LogP contribution in [0.2, 0.25) is 0 Å². The molecule has 0 saturated carbocycles. The molecular formula is C46H41NO. The summed E-state index contributed by atoms with van der Waals surface area (Å²) in [6, 6.07) is 45.3. The fourth-order valence-corrected chi connectivity index (χ4v) is 8.58. The van der Waals surface area contributed by atoms with Crippen LogP contribution < -0.4 is 4.90 Å². The van der Waals surface area contributed by atoms with Crippen LogP contribution in [0.1, 0.15) is 75.3 Å². The second kappa shape index (κ2) is 10.5. The lowest BCUT2D eigenvalue weighted by Crippen LogP contribution is -2.18. The molecule has 2 heteroatoms. The number of benzene rings is 6. The maximum Gasteiger partial charge on any atom is 0.135 e. The van der Waals surface area contributed by atoms with Gasteiger partial charge in [0.1, 0.15) is 11.2 Å². The third kappa shape index (κ3) is 4.18. The lowest BCUT2D eigenvalue weighted by Gasteiger charge is -2.30. The van der Waals surface area contributed by atoms with Crippen molar-refractivity contribution in [2.75, 3.05) is 4.90 Å². The predicted molar refractivity (Wildman–Crippen MR) is 202 cm³/mol. The molecule has 0 saturated heterocycles. The van der Waals surface area contributed by atoms with E-state index in [-0.39, 0.29) is 10.8 Å². The normalized spacial score (nSPS) is 14.9. The lowest BCUT2D eigenvalue weighted by atomic mass is 9.81. The zero-order valence-electron chi connectivity index (χ0n) is 28.5. The van der Waals surface area contributed by atoms with Gasteiger partial charge in [0, 0.05) is 38.7 Å². The molecule has 0 fully saturated rings. The van der Waals surface area contributed by atoms with Crippen LogP contribution in [0.25, 0.3) is 44.2 Å². The van der Waals surface area contributed by atoms with Gasteiger partial charge in [-0.2, -0.15) is 0 Å². The fourth-order valence-electron chi connectivity index (χ4n) is 8.58. The number of unbranched alkanes of at least 4 members (excludes halogenated alkanes) is 1. The Morgan fingerprint density at radius 3 is 1.77 bits per heavy atom. The van der Waals surface area contributed by atoms with Crippen molar-refractivity contribution in [2.24, 2.45) is 0 Å². The van der Waals surface area contributed by atoms with Crippen LogP contribution in [-0.4, -0.2) is 0 Å². The monoisotopic (exact) mass is 623 g/mol. The van der Waals surface area contributed by atoms with Crippen LogP contribution in [0.3, 0.4) is 0 Å². The highest BCUT2D eigenvalue weighted by Gasteiger charge is 2.38. The van der Waals surface area contributed by atoms with Crippen molar-refractivity contribution in [3.8, 4) is 22.3 Å². The van der Waals surface area contributed by atoms with E-state index in [4.69, 9.17) is 4.42 Å². The fraction of sp³-hybridized carbons (Fsp3) is 0.217. The maximum atomic E-state index is 6.26. The second-order valence-electron chi connectivity index (χ2n) is 14.9. The highest BCUT2D eigenvalue weighted by molar-refractivity contribution is 6.06. The zero-order chi connectivity index (χ0) is 32.8. The molecule has 48 heavy (non-hydrogen) atoms. The van der Waals surface area contributed by atoms with Gasteiger partial charge >= 0.3 is 0 Å². The van der Waals surface area contributed by atoms with E-state index in [0.717, 1.165) is 39.7 Å². The van der Waals surface area contributed by atoms with Crippen LogP contribution in [-0.2, 0) is 17.3 Å². The quantitative estimate of drug-likeness (QED) is 0.183. The number of furan rings is 1. The van der Waals surface area contributed by atoms with Gasteiger partial charge in [0.15, 0.2) is 0 Å². The van der Waals surface area contributed by atoms with Crippen molar-refractivity contribution in [3.05, 3.63) is 149 Å². The third-order valence-corrected chi connectivity index (χ3v) is 11.2. The van der Waals surface area contributed by atoms with Crippen molar-refractivity contribution in [3.63, 3.8) is 0 Å². The molecule has 0 atom stereocenters. The molecule has 2 aliphatic carbocycles. The molecule has 9 rings (SSSR count). The number of fused-ring (bicyclic) bond motifs is 9. The van der Waals surface area contributed by atoms with E-state index < -0.39 is 0 Å². The highest BCUT2D eigenvalue weighted by Crippen LogP contribution is 2.53. The summed E-state index contributed by atoms with van der Waals surface area (Å²) < 4.78 is 6.26. The van der Waals surface area contributed by atoms with Crippen molar-refractivity contribution in [1.82, 2.24) is 0 Å². The average molecular weight is 624 g/mol. The first kappa shape index (κ1) is 29.1. The van der Waals surface area contributed by atoms with Gasteiger partial charge in [-0.3, -0.25) is 0 Å². The molecule has 0 bridgehead atoms. The van der Waals surface area contributed by atoms with Gasteiger partial charge in [0.25, 0.3) is 0 Å². The summed E-state index contributed by atoms with van der Waals surface area (Å²) >= 11 is 0.